The molecule has 2 heterocycles. The van der Waals surface area contributed by atoms with E-state index in [4.69, 9.17) is 0 Å². The summed E-state index contributed by atoms with van der Waals surface area (Å²) in [6, 6.07) is 8.88. The van der Waals surface area contributed by atoms with Crippen molar-refractivity contribution in [2.24, 2.45) is 5.92 Å². The van der Waals surface area contributed by atoms with Crippen LogP contribution in [0.5, 0.6) is 0 Å². The van der Waals surface area contributed by atoms with Crippen LogP contribution in [-0.4, -0.2) is 30.0 Å². The van der Waals surface area contributed by atoms with Gasteiger partial charge in [-0.3, -0.25) is 0 Å². The van der Waals surface area contributed by atoms with E-state index in [1.165, 1.54) is 36.0 Å². The fourth-order valence-electron chi connectivity index (χ4n) is 2.51. The molecule has 0 amide bonds. The second kappa shape index (κ2) is 3.38. The van der Waals surface area contributed by atoms with E-state index < -0.39 is 0 Å². The molecule has 1 aliphatic rings. The maximum atomic E-state index is 3.27. The summed E-state index contributed by atoms with van der Waals surface area (Å²) in [6.45, 7) is 2.51. The molecule has 2 aromatic rings. The Morgan fingerprint density at radius 3 is 3.00 bits per heavy atom. The lowest BCUT2D eigenvalue weighted by molar-refractivity contribution is 0.135. The van der Waals surface area contributed by atoms with Crippen molar-refractivity contribution >= 4 is 10.9 Å². The molecule has 0 unspecified atom stereocenters. The van der Waals surface area contributed by atoms with Crippen molar-refractivity contribution in [3.05, 3.63) is 36.0 Å². The summed E-state index contributed by atoms with van der Waals surface area (Å²) in [5.41, 5.74) is 2.73. The lowest BCUT2D eigenvalue weighted by Gasteiger charge is -2.36. The number of fused-ring (bicyclic) bond motifs is 1. The minimum absolute atomic E-state index is 0.863. The molecule has 1 fully saturated rings. The number of aromatic nitrogens is 1. The van der Waals surface area contributed by atoms with E-state index in [0.717, 1.165) is 5.92 Å². The summed E-state index contributed by atoms with van der Waals surface area (Å²) >= 11 is 0. The highest BCUT2D eigenvalue weighted by Gasteiger charge is 2.22. The van der Waals surface area contributed by atoms with Crippen molar-refractivity contribution < 1.29 is 0 Å². The van der Waals surface area contributed by atoms with Gasteiger partial charge in [-0.25, -0.2) is 0 Å². The van der Waals surface area contributed by atoms with Crippen molar-refractivity contribution in [2.45, 2.75) is 6.42 Å². The first kappa shape index (κ1) is 8.98. The third-order valence-corrected chi connectivity index (χ3v) is 3.28. The Morgan fingerprint density at radius 1 is 1.33 bits per heavy atom. The zero-order chi connectivity index (χ0) is 10.3. The van der Waals surface area contributed by atoms with Gasteiger partial charge in [0.15, 0.2) is 0 Å². The molecule has 1 saturated heterocycles. The number of H-pyrrole nitrogens is 1. The quantitative estimate of drug-likeness (QED) is 0.788. The zero-order valence-corrected chi connectivity index (χ0v) is 9.03. The van der Waals surface area contributed by atoms with Crippen LogP contribution in [0.2, 0.25) is 0 Å². The molecular formula is C13H16N2. The Kier molecular flexibility index (Phi) is 2.03. The Morgan fingerprint density at radius 2 is 2.20 bits per heavy atom. The number of nitrogens with zero attached hydrogens (tertiary/aromatic N) is 1. The highest BCUT2D eigenvalue weighted by molar-refractivity contribution is 5.79. The lowest BCUT2D eigenvalue weighted by atomic mass is 9.92. The van der Waals surface area contributed by atoms with Gasteiger partial charge in [0.2, 0.25) is 0 Å². The average Bonchev–Trinajstić information content (AvgIpc) is 2.62. The second-order valence-corrected chi connectivity index (χ2v) is 4.69. The number of hydrogen-bond donors (Lipinski definition) is 1. The van der Waals surface area contributed by atoms with Crippen LogP contribution in [0.4, 0.5) is 0 Å². The normalized spacial score (nSPS) is 18.2. The van der Waals surface area contributed by atoms with Crippen LogP contribution in [0.25, 0.3) is 10.9 Å². The average molecular weight is 200 g/mol. The van der Waals surface area contributed by atoms with E-state index in [1.54, 1.807) is 0 Å². The van der Waals surface area contributed by atoms with Crippen LogP contribution in [0.1, 0.15) is 5.56 Å². The summed E-state index contributed by atoms with van der Waals surface area (Å²) < 4.78 is 0. The number of nitrogens with one attached hydrogen (secondary N) is 1. The predicted molar refractivity (Wildman–Crippen MR) is 63.0 cm³/mol. The van der Waals surface area contributed by atoms with Gasteiger partial charge in [0.1, 0.15) is 0 Å². The van der Waals surface area contributed by atoms with Crippen molar-refractivity contribution in [3.8, 4) is 0 Å². The Bertz CT molecular complexity index is 466. The predicted octanol–water partition coefficient (Wildman–Crippen LogP) is 2.27. The fraction of sp³-hybridized carbons (Fsp3) is 0.385. The first-order valence-electron chi connectivity index (χ1n) is 5.56. The molecule has 1 N–H and O–H groups in total. The van der Waals surface area contributed by atoms with Gasteiger partial charge < -0.3 is 9.88 Å². The molecule has 0 saturated carbocycles. The molecule has 15 heavy (non-hydrogen) atoms. The molecule has 2 nitrogen and oxygen atoms in total. The first-order chi connectivity index (χ1) is 7.31. The molecule has 0 radical (unpaired) electrons. The molecule has 2 heteroatoms. The summed E-state index contributed by atoms with van der Waals surface area (Å²) in [7, 11) is 2.19. The van der Waals surface area contributed by atoms with Gasteiger partial charge in [-0.15, -0.1) is 0 Å². The molecule has 0 bridgehead atoms. The fourth-order valence-corrected chi connectivity index (χ4v) is 2.51. The summed E-state index contributed by atoms with van der Waals surface area (Å²) in [5, 5.41) is 1.31. The second-order valence-electron chi connectivity index (χ2n) is 4.69. The van der Waals surface area contributed by atoms with E-state index in [0.29, 0.717) is 0 Å². The van der Waals surface area contributed by atoms with Gasteiger partial charge in [0, 0.05) is 24.8 Å². The Balaban J connectivity index is 1.79. The molecule has 3 rings (SSSR count). The smallest absolute Gasteiger partial charge is 0.0456 e. The van der Waals surface area contributed by atoms with Gasteiger partial charge in [0.05, 0.1) is 0 Å². The molecule has 0 atom stereocenters. The largest absolute Gasteiger partial charge is 0.361 e. The van der Waals surface area contributed by atoms with Crippen LogP contribution in [-0.2, 0) is 6.42 Å². The number of hydrogen-bond acceptors (Lipinski definition) is 1. The number of aromatic amines is 1. The van der Waals surface area contributed by atoms with Gasteiger partial charge >= 0.3 is 0 Å². The van der Waals surface area contributed by atoms with Crippen LogP contribution < -0.4 is 0 Å². The molecular weight excluding hydrogens is 184 g/mol. The van der Waals surface area contributed by atoms with Gasteiger partial charge in [-0.1, -0.05) is 12.1 Å². The molecule has 78 valence electrons. The minimum Gasteiger partial charge on any atom is -0.361 e. The van der Waals surface area contributed by atoms with E-state index in [2.05, 4.69) is 41.2 Å². The first-order valence-corrected chi connectivity index (χ1v) is 5.56. The maximum absolute atomic E-state index is 3.27. The third-order valence-electron chi connectivity index (χ3n) is 3.28. The monoisotopic (exact) mass is 200 g/mol. The van der Waals surface area contributed by atoms with Crippen molar-refractivity contribution in [2.75, 3.05) is 20.1 Å². The molecule has 1 aromatic carbocycles. The van der Waals surface area contributed by atoms with E-state index in [1.807, 2.05) is 6.20 Å². The van der Waals surface area contributed by atoms with Crippen molar-refractivity contribution in [3.63, 3.8) is 0 Å². The minimum atomic E-state index is 0.863. The van der Waals surface area contributed by atoms with Gasteiger partial charge in [-0.2, -0.15) is 0 Å². The SMILES string of the molecule is CN1CC(Cc2ccc3cc[nH]c3c2)C1. The number of rotatable bonds is 2. The van der Waals surface area contributed by atoms with Crippen LogP contribution in [0.3, 0.4) is 0 Å². The van der Waals surface area contributed by atoms with Crippen LogP contribution in [0.15, 0.2) is 30.5 Å². The third kappa shape index (κ3) is 1.65. The summed E-state index contributed by atoms with van der Waals surface area (Å²) in [4.78, 5) is 5.64. The van der Waals surface area contributed by atoms with Crippen molar-refractivity contribution in [1.29, 1.82) is 0 Å². The highest BCUT2D eigenvalue weighted by atomic mass is 15.2. The highest BCUT2D eigenvalue weighted by Crippen LogP contribution is 2.21. The van der Waals surface area contributed by atoms with E-state index in [9.17, 15) is 0 Å². The number of likely N-dealkylation sites (tertiary alicyclic amines) is 1. The zero-order valence-electron chi connectivity index (χ0n) is 9.03. The standard InChI is InChI=1S/C13H16N2/c1-15-8-11(9-15)6-10-2-3-12-4-5-14-13(12)7-10/h2-5,7,11,14H,6,8-9H2,1H3. The van der Waals surface area contributed by atoms with Crippen LogP contribution >= 0.6 is 0 Å². The van der Waals surface area contributed by atoms with Gasteiger partial charge in [0.25, 0.3) is 0 Å². The molecule has 0 aliphatic carbocycles. The molecule has 1 aliphatic heterocycles. The Hall–Kier alpha value is -1.28. The number of benzene rings is 1. The summed E-state index contributed by atoms with van der Waals surface area (Å²) in [6.07, 6.45) is 3.23. The van der Waals surface area contributed by atoms with Gasteiger partial charge in [-0.05, 0) is 42.5 Å². The summed E-state index contributed by atoms with van der Waals surface area (Å²) in [5.74, 6) is 0.863. The van der Waals surface area contributed by atoms with Crippen LogP contribution in [0, 0.1) is 5.92 Å². The van der Waals surface area contributed by atoms with E-state index >= 15 is 0 Å². The Labute approximate surface area is 89.9 Å². The molecule has 0 spiro atoms. The topological polar surface area (TPSA) is 19.0 Å². The lowest BCUT2D eigenvalue weighted by Crippen LogP contribution is -2.44. The van der Waals surface area contributed by atoms with Crippen molar-refractivity contribution in [1.82, 2.24) is 9.88 Å². The maximum Gasteiger partial charge on any atom is 0.0456 e. The molecule has 1 aromatic heterocycles. The van der Waals surface area contributed by atoms with E-state index in [-0.39, 0.29) is 0 Å².